The lowest BCUT2D eigenvalue weighted by atomic mass is 10.1. The van der Waals surface area contributed by atoms with Crippen LogP contribution in [0.1, 0.15) is 27.0 Å². The number of aryl methyl sites for hydroxylation is 2. The highest BCUT2D eigenvalue weighted by atomic mass is 32.1. The number of benzene rings is 1. The standard InChI is InChI=1S/C16H14N2O3S/c1-10-3-4-13(11(2)7-10)16(20)21-9-14(19)18-15-12(8-17)5-6-22-15/h3-7H,9H2,1-2H3,(H,18,19). The average Bonchev–Trinajstić information content (AvgIpc) is 2.92. The minimum Gasteiger partial charge on any atom is -0.452 e. The third kappa shape index (κ3) is 3.71. The van der Waals surface area contributed by atoms with Crippen LogP contribution in [0, 0.1) is 25.2 Å². The number of carbonyl (C=O) groups excluding carboxylic acids is 2. The predicted octanol–water partition coefficient (Wildman–Crippen LogP) is 3.03. The van der Waals surface area contributed by atoms with Crippen molar-refractivity contribution in [1.29, 1.82) is 5.26 Å². The van der Waals surface area contributed by atoms with Gasteiger partial charge in [-0.3, -0.25) is 4.79 Å². The van der Waals surface area contributed by atoms with Gasteiger partial charge in [0.2, 0.25) is 0 Å². The van der Waals surface area contributed by atoms with Crippen LogP contribution in [0.4, 0.5) is 5.00 Å². The van der Waals surface area contributed by atoms with Crippen LogP contribution in [0.2, 0.25) is 0 Å². The molecule has 0 aliphatic rings. The summed E-state index contributed by atoms with van der Waals surface area (Å²) in [6.45, 7) is 3.35. The molecule has 1 N–H and O–H groups in total. The van der Waals surface area contributed by atoms with Gasteiger partial charge in [0.05, 0.1) is 11.1 Å². The second-order valence-electron chi connectivity index (χ2n) is 4.72. The van der Waals surface area contributed by atoms with Gasteiger partial charge in [0, 0.05) is 0 Å². The number of nitrogens with one attached hydrogen (secondary N) is 1. The van der Waals surface area contributed by atoms with Gasteiger partial charge < -0.3 is 10.1 Å². The third-order valence-corrected chi connectivity index (χ3v) is 3.80. The Balaban J connectivity index is 1.94. The minimum atomic E-state index is -0.542. The zero-order chi connectivity index (χ0) is 16.1. The number of hydrogen-bond acceptors (Lipinski definition) is 5. The fraction of sp³-hybridized carbons (Fsp3) is 0.188. The molecular weight excluding hydrogens is 300 g/mol. The number of esters is 1. The largest absolute Gasteiger partial charge is 0.452 e. The van der Waals surface area contributed by atoms with Crippen molar-refractivity contribution in [1.82, 2.24) is 0 Å². The van der Waals surface area contributed by atoms with Gasteiger partial charge in [0.25, 0.3) is 5.91 Å². The molecule has 0 aliphatic carbocycles. The number of thiophene rings is 1. The van der Waals surface area contributed by atoms with Crippen molar-refractivity contribution in [3.63, 3.8) is 0 Å². The fourth-order valence-corrected chi connectivity index (χ4v) is 2.66. The molecule has 1 amide bonds. The SMILES string of the molecule is Cc1ccc(C(=O)OCC(=O)Nc2sccc2C#N)c(C)c1. The molecule has 22 heavy (non-hydrogen) atoms. The maximum atomic E-state index is 12.0. The molecule has 2 aromatic rings. The van der Waals surface area contributed by atoms with Crippen molar-refractivity contribution in [3.05, 3.63) is 51.9 Å². The van der Waals surface area contributed by atoms with Crippen LogP contribution in [0.3, 0.4) is 0 Å². The lowest BCUT2D eigenvalue weighted by molar-refractivity contribution is -0.119. The van der Waals surface area contributed by atoms with Crippen LogP contribution in [-0.2, 0) is 9.53 Å². The summed E-state index contributed by atoms with van der Waals surface area (Å²) in [7, 11) is 0. The van der Waals surface area contributed by atoms with E-state index in [1.165, 1.54) is 11.3 Å². The number of nitrogens with zero attached hydrogens (tertiary/aromatic N) is 1. The molecule has 1 aromatic heterocycles. The zero-order valence-corrected chi connectivity index (χ0v) is 13.0. The maximum Gasteiger partial charge on any atom is 0.338 e. The van der Waals surface area contributed by atoms with Crippen LogP contribution < -0.4 is 5.32 Å². The van der Waals surface area contributed by atoms with E-state index in [1.807, 2.05) is 32.0 Å². The molecular formula is C16H14N2O3S. The number of hydrogen-bond donors (Lipinski definition) is 1. The van der Waals surface area contributed by atoms with Crippen molar-refractivity contribution < 1.29 is 14.3 Å². The van der Waals surface area contributed by atoms with Crippen LogP contribution in [-0.4, -0.2) is 18.5 Å². The smallest absolute Gasteiger partial charge is 0.338 e. The summed E-state index contributed by atoms with van der Waals surface area (Å²) in [5, 5.41) is 13.6. The Hall–Kier alpha value is -2.65. The lowest BCUT2D eigenvalue weighted by Gasteiger charge is -2.08. The highest BCUT2D eigenvalue weighted by Crippen LogP contribution is 2.21. The van der Waals surface area contributed by atoms with Crippen molar-refractivity contribution in [2.24, 2.45) is 0 Å². The van der Waals surface area contributed by atoms with Gasteiger partial charge in [-0.2, -0.15) is 5.26 Å². The summed E-state index contributed by atoms with van der Waals surface area (Å²) in [6, 6.07) is 8.95. The van der Waals surface area contributed by atoms with E-state index < -0.39 is 18.5 Å². The van der Waals surface area contributed by atoms with E-state index in [2.05, 4.69) is 5.32 Å². The van der Waals surface area contributed by atoms with Crippen molar-refractivity contribution >= 4 is 28.2 Å². The molecule has 0 fully saturated rings. The number of carbonyl (C=O) groups is 2. The lowest BCUT2D eigenvalue weighted by Crippen LogP contribution is -2.21. The molecule has 1 aromatic carbocycles. The van der Waals surface area contributed by atoms with Crippen molar-refractivity contribution in [2.75, 3.05) is 11.9 Å². The van der Waals surface area contributed by atoms with Gasteiger partial charge in [-0.1, -0.05) is 17.7 Å². The molecule has 0 saturated carbocycles. The van der Waals surface area contributed by atoms with E-state index in [9.17, 15) is 9.59 Å². The first-order valence-corrected chi connectivity index (χ1v) is 7.41. The Bertz CT molecular complexity index is 759. The number of ether oxygens (including phenoxy) is 1. The molecule has 0 unspecified atom stereocenters. The molecule has 0 saturated heterocycles. The van der Waals surface area contributed by atoms with E-state index in [0.29, 0.717) is 16.1 Å². The molecule has 6 heteroatoms. The first-order chi connectivity index (χ1) is 10.5. The van der Waals surface area contributed by atoms with E-state index in [-0.39, 0.29) is 0 Å². The van der Waals surface area contributed by atoms with Crippen LogP contribution in [0.15, 0.2) is 29.6 Å². The monoisotopic (exact) mass is 314 g/mol. The van der Waals surface area contributed by atoms with Gasteiger partial charge in [-0.15, -0.1) is 11.3 Å². The average molecular weight is 314 g/mol. The normalized spacial score (nSPS) is 9.86. The number of nitriles is 1. The maximum absolute atomic E-state index is 12.0. The van der Waals surface area contributed by atoms with E-state index in [1.54, 1.807) is 17.5 Å². The second-order valence-corrected chi connectivity index (χ2v) is 5.63. The quantitative estimate of drug-likeness (QED) is 0.880. The Labute approximate surface area is 132 Å². The molecule has 0 radical (unpaired) electrons. The summed E-state index contributed by atoms with van der Waals surface area (Å²) < 4.78 is 5.00. The number of amides is 1. The molecule has 112 valence electrons. The van der Waals surface area contributed by atoms with Crippen LogP contribution in [0.5, 0.6) is 0 Å². The van der Waals surface area contributed by atoms with Gasteiger partial charge in [0.1, 0.15) is 11.1 Å². The highest BCUT2D eigenvalue weighted by molar-refractivity contribution is 7.14. The molecule has 5 nitrogen and oxygen atoms in total. The first kappa shape index (κ1) is 15.7. The minimum absolute atomic E-state index is 0.388. The van der Waals surface area contributed by atoms with Crippen molar-refractivity contribution in [3.8, 4) is 6.07 Å². The molecule has 0 spiro atoms. The fourth-order valence-electron chi connectivity index (χ4n) is 1.91. The Kier molecular flexibility index (Phi) is 4.92. The summed E-state index contributed by atoms with van der Waals surface area (Å²) in [6.07, 6.45) is 0. The topological polar surface area (TPSA) is 79.2 Å². The van der Waals surface area contributed by atoms with Crippen LogP contribution >= 0.6 is 11.3 Å². The highest BCUT2D eigenvalue weighted by Gasteiger charge is 2.14. The van der Waals surface area contributed by atoms with Gasteiger partial charge in [-0.05, 0) is 36.9 Å². The molecule has 0 bridgehead atoms. The van der Waals surface area contributed by atoms with E-state index in [0.717, 1.165) is 11.1 Å². The summed E-state index contributed by atoms with van der Waals surface area (Å²) in [5.74, 6) is -1.02. The summed E-state index contributed by atoms with van der Waals surface area (Å²) >= 11 is 1.24. The molecule has 0 atom stereocenters. The molecule has 2 rings (SSSR count). The second kappa shape index (κ2) is 6.87. The first-order valence-electron chi connectivity index (χ1n) is 6.53. The van der Waals surface area contributed by atoms with E-state index in [4.69, 9.17) is 10.00 Å². The Morgan fingerprint density at radius 1 is 1.32 bits per heavy atom. The molecule has 0 aliphatic heterocycles. The van der Waals surface area contributed by atoms with Crippen molar-refractivity contribution in [2.45, 2.75) is 13.8 Å². The van der Waals surface area contributed by atoms with Crippen LogP contribution in [0.25, 0.3) is 0 Å². The Morgan fingerprint density at radius 3 is 2.77 bits per heavy atom. The summed E-state index contributed by atoms with van der Waals surface area (Å²) in [5.41, 5.74) is 2.68. The third-order valence-electron chi connectivity index (χ3n) is 2.97. The summed E-state index contributed by atoms with van der Waals surface area (Å²) in [4.78, 5) is 23.7. The van der Waals surface area contributed by atoms with Gasteiger partial charge in [0.15, 0.2) is 6.61 Å². The molecule has 1 heterocycles. The van der Waals surface area contributed by atoms with E-state index >= 15 is 0 Å². The van der Waals surface area contributed by atoms with Gasteiger partial charge in [-0.25, -0.2) is 4.79 Å². The zero-order valence-electron chi connectivity index (χ0n) is 12.2. The number of anilines is 1. The van der Waals surface area contributed by atoms with Gasteiger partial charge >= 0.3 is 5.97 Å². The number of rotatable bonds is 4. The Morgan fingerprint density at radius 2 is 2.09 bits per heavy atom. The predicted molar refractivity (Wildman–Crippen MR) is 83.9 cm³/mol.